The second-order valence-corrected chi connectivity index (χ2v) is 6.69. The Labute approximate surface area is 163 Å². The maximum Gasteiger partial charge on any atom is 0.205 e. The molecule has 2 N–H and O–H groups in total. The van der Waals surface area contributed by atoms with Crippen molar-refractivity contribution in [2.45, 2.75) is 5.92 Å². The zero-order valence-corrected chi connectivity index (χ0v) is 16.3. The van der Waals surface area contributed by atoms with Crippen molar-refractivity contribution in [3.05, 3.63) is 57.9 Å². The van der Waals surface area contributed by atoms with Gasteiger partial charge in [-0.05, 0) is 23.8 Å². The van der Waals surface area contributed by atoms with Gasteiger partial charge >= 0.3 is 0 Å². The van der Waals surface area contributed by atoms with E-state index in [0.717, 1.165) is 16.8 Å². The summed E-state index contributed by atoms with van der Waals surface area (Å²) in [5, 5.41) is 10.1. The third-order valence-corrected chi connectivity index (χ3v) is 4.79. The zero-order chi connectivity index (χ0) is 19.7. The molecule has 1 unspecified atom stereocenters. The quantitative estimate of drug-likeness (QED) is 0.865. The highest BCUT2D eigenvalue weighted by Crippen LogP contribution is 2.46. The fourth-order valence-electron chi connectivity index (χ4n) is 3.17. The van der Waals surface area contributed by atoms with Crippen LogP contribution >= 0.6 is 11.6 Å². The van der Waals surface area contributed by atoms with Gasteiger partial charge in [0, 0.05) is 31.4 Å². The van der Waals surface area contributed by atoms with E-state index < -0.39 is 5.92 Å². The number of nitriles is 1. The molecule has 27 heavy (non-hydrogen) atoms. The summed E-state index contributed by atoms with van der Waals surface area (Å²) in [5.74, 6) is 1.18. The van der Waals surface area contributed by atoms with Crippen molar-refractivity contribution in [2.24, 2.45) is 5.73 Å². The number of hydrogen-bond donors (Lipinski definition) is 1. The van der Waals surface area contributed by atoms with E-state index in [2.05, 4.69) is 6.07 Å². The first kappa shape index (κ1) is 18.7. The van der Waals surface area contributed by atoms with Crippen LogP contribution < -0.4 is 24.8 Å². The van der Waals surface area contributed by atoms with Gasteiger partial charge < -0.3 is 24.8 Å². The Morgan fingerprint density at radius 3 is 2.52 bits per heavy atom. The molecule has 0 fully saturated rings. The summed E-state index contributed by atoms with van der Waals surface area (Å²) in [4.78, 5) is 1.96. The summed E-state index contributed by atoms with van der Waals surface area (Å²) < 4.78 is 16.4. The fraction of sp³-hybridized carbons (Fsp3) is 0.250. The molecule has 1 atom stereocenters. The molecule has 2 aromatic carbocycles. The summed E-state index contributed by atoms with van der Waals surface area (Å²) >= 11 is 6.38. The van der Waals surface area contributed by atoms with Crippen molar-refractivity contribution >= 4 is 17.3 Å². The number of anilines is 1. The van der Waals surface area contributed by atoms with E-state index in [1.54, 1.807) is 12.1 Å². The first-order valence-corrected chi connectivity index (χ1v) is 8.59. The van der Waals surface area contributed by atoms with E-state index in [-0.39, 0.29) is 5.88 Å². The van der Waals surface area contributed by atoms with Crippen molar-refractivity contribution in [1.29, 1.82) is 5.26 Å². The molecular formula is C20H20ClN3O3. The molecule has 1 aliphatic rings. The average Bonchev–Trinajstić information content (AvgIpc) is 2.65. The Bertz CT molecular complexity index is 964. The molecule has 2 aromatic rings. The maximum absolute atomic E-state index is 9.69. The van der Waals surface area contributed by atoms with Crippen LogP contribution in [0.2, 0.25) is 5.02 Å². The highest BCUT2D eigenvalue weighted by molar-refractivity contribution is 6.32. The lowest BCUT2D eigenvalue weighted by Crippen LogP contribution is -2.21. The predicted octanol–water partition coefficient (Wildman–Crippen LogP) is 3.64. The number of nitrogens with two attached hydrogens (primary N) is 1. The van der Waals surface area contributed by atoms with Gasteiger partial charge in [0.15, 0.2) is 11.5 Å². The van der Waals surface area contributed by atoms with E-state index in [4.69, 9.17) is 31.5 Å². The molecule has 0 saturated carbocycles. The van der Waals surface area contributed by atoms with Gasteiger partial charge in [0.25, 0.3) is 0 Å². The van der Waals surface area contributed by atoms with Gasteiger partial charge in [-0.2, -0.15) is 5.26 Å². The smallest absolute Gasteiger partial charge is 0.205 e. The minimum absolute atomic E-state index is 0.0804. The molecule has 1 heterocycles. The maximum atomic E-state index is 9.69. The van der Waals surface area contributed by atoms with Crippen LogP contribution in [-0.2, 0) is 0 Å². The van der Waals surface area contributed by atoms with Gasteiger partial charge in [-0.3, -0.25) is 0 Å². The average molecular weight is 386 g/mol. The van der Waals surface area contributed by atoms with Crippen LogP contribution in [0.5, 0.6) is 17.2 Å². The van der Waals surface area contributed by atoms with Gasteiger partial charge in [0.1, 0.15) is 17.4 Å². The molecule has 3 rings (SSSR count). The lowest BCUT2D eigenvalue weighted by atomic mass is 9.83. The van der Waals surface area contributed by atoms with Crippen LogP contribution in [0.3, 0.4) is 0 Å². The SMILES string of the molecule is COc1cc(C2C(C#N)=C(N)Oc3cc(N(C)C)ccc32)cc(Cl)c1OC. The van der Waals surface area contributed by atoms with Crippen LogP contribution in [0.1, 0.15) is 17.0 Å². The second-order valence-electron chi connectivity index (χ2n) is 6.28. The number of methoxy groups -OCH3 is 2. The van der Waals surface area contributed by atoms with E-state index in [1.165, 1.54) is 14.2 Å². The largest absolute Gasteiger partial charge is 0.493 e. The summed E-state index contributed by atoms with van der Waals surface area (Å²) in [6.45, 7) is 0. The predicted molar refractivity (Wildman–Crippen MR) is 105 cm³/mol. The highest BCUT2D eigenvalue weighted by atomic mass is 35.5. The normalized spacial score (nSPS) is 15.5. The second kappa shape index (κ2) is 7.29. The van der Waals surface area contributed by atoms with E-state index in [9.17, 15) is 5.26 Å². The van der Waals surface area contributed by atoms with Gasteiger partial charge in [0.2, 0.25) is 5.88 Å². The lowest BCUT2D eigenvalue weighted by molar-refractivity contribution is 0.354. The summed E-state index contributed by atoms with van der Waals surface area (Å²) in [5.41, 5.74) is 8.93. The van der Waals surface area contributed by atoms with Crippen molar-refractivity contribution in [1.82, 2.24) is 0 Å². The molecule has 0 radical (unpaired) electrons. The number of fused-ring (bicyclic) bond motifs is 1. The minimum atomic E-state index is -0.424. The van der Waals surface area contributed by atoms with Gasteiger partial charge in [-0.25, -0.2) is 0 Å². The molecule has 0 amide bonds. The summed E-state index contributed by atoms with van der Waals surface area (Å²) in [6, 6.07) is 11.5. The summed E-state index contributed by atoms with van der Waals surface area (Å²) in [6.07, 6.45) is 0. The van der Waals surface area contributed by atoms with E-state index >= 15 is 0 Å². The fourth-order valence-corrected chi connectivity index (χ4v) is 3.47. The number of halogens is 1. The van der Waals surface area contributed by atoms with Crippen LogP contribution in [0.25, 0.3) is 0 Å². The first-order valence-electron chi connectivity index (χ1n) is 8.21. The number of hydrogen-bond acceptors (Lipinski definition) is 6. The van der Waals surface area contributed by atoms with Gasteiger partial charge in [-0.1, -0.05) is 17.7 Å². The Morgan fingerprint density at radius 2 is 1.93 bits per heavy atom. The van der Waals surface area contributed by atoms with Crippen LogP contribution in [0, 0.1) is 11.3 Å². The first-order chi connectivity index (χ1) is 12.9. The Kier molecular flexibility index (Phi) is 5.06. The third kappa shape index (κ3) is 3.22. The Morgan fingerprint density at radius 1 is 1.19 bits per heavy atom. The number of ether oxygens (including phenoxy) is 3. The number of allylic oxidation sites excluding steroid dienone is 1. The molecule has 0 spiro atoms. The van der Waals surface area contributed by atoms with Gasteiger partial charge in [0.05, 0.1) is 25.2 Å². The molecule has 0 aliphatic carbocycles. The van der Waals surface area contributed by atoms with Crippen molar-refractivity contribution in [3.8, 4) is 23.3 Å². The number of nitrogens with zero attached hydrogens (tertiary/aromatic N) is 2. The topological polar surface area (TPSA) is 80.7 Å². The highest BCUT2D eigenvalue weighted by Gasteiger charge is 2.32. The number of rotatable bonds is 4. The Balaban J connectivity index is 2.23. The molecule has 0 bridgehead atoms. The molecule has 140 valence electrons. The molecule has 1 aliphatic heterocycles. The molecule has 7 heteroatoms. The molecule has 0 aromatic heterocycles. The minimum Gasteiger partial charge on any atom is -0.493 e. The van der Waals surface area contributed by atoms with Crippen LogP contribution in [-0.4, -0.2) is 28.3 Å². The van der Waals surface area contributed by atoms with Crippen LogP contribution in [0.4, 0.5) is 5.69 Å². The van der Waals surface area contributed by atoms with Gasteiger partial charge in [-0.15, -0.1) is 0 Å². The van der Waals surface area contributed by atoms with Crippen molar-refractivity contribution < 1.29 is 14.2 Å². The van der Waals surface area contributed by atoms with Crippen LogP contribution in [0.15, 0.2) is 41.8 Å². The van der Waals surface area contributed by atoms with Crippen molar-refractivity contribution in [2.75, 3.05) is 33.2 Å². The third-order valence-electron chi connectivity index (χ3n) is 4.51. The zero-order valence-electron chi connectivity index (χ0n) is 15.5. The van der Waals surface area contributed by atoms with Crippen molar-refractivity contribution in [3.63, 3.8) is 0 Å². The Hall–Kier alpha value is -3.04. The molecular weight excluding hydrogens is 366 g/mol. The summed E-state index contributed by atoms with van der Waals surface area (Å²) in [7, 11) is 6.94. The lowest BCUT2D eigenvalue weighted by Gasteiger charge is -2.28. The molecule has 0 saturated heterocycles. The van der Waals surface area contributed by atoms with E-state index in [1.807, 2.05) is 37.2 Å². The van der Waals surface area contributed by atoms with E-state index in [0.29, 0.717) is 27.8 Å². The number of benzene rings is 2. The monoisotopic (exact) mass is 385 g/mol. The standard InChI is InChI=1S/C20H20ClN3O3/c1-24(2)12-5-6-13-16(9-12)27-20(23)14(10-22)18(13)11-7-15(21)19(26-4)17(8-11)25-3/h5-9,18H,23H2,1-4H3. The molecule has 6 nitrogen and oxygen atoms in total.